The summed E-state index contributed by atoms with van der Waals surface area (Å²) in [6, 6.07) is 18.6. The standard InChI is InChI=1S/C36H38F2N2O6/c1-22(2)40-31(17-16-28(41)19-29(42)20-32(43)46-4)33(24-8-12-26(37)13-9-24)34(25-10-14-27(38)15-11-25)35(40)36(44)39-21-23-6-5-7-30(18-23)45-3/h5-18,22,28-29,41-42H,19-21H2,1-4H3,(H,39,44)/b17-16+/t28-,29+/m0/s1. The third-order valence-corrected chi connectivity index (χ3v) is 7.45. The average molecular weight is 633 g/mol. The van der Waals surface area contributed by atoms with Gasteiger partial charge in [-0.05, 0) is 73.0 Å². The van der Waals surface area contributed by atoms with E-state index in [0.717, 1.165) is 5.56 Å². The number of aliphatic hydroxyl groups is 2. The SMILES string of the molecule is COC(=O)C[C@H](O)C[C@@H](O)/C=C/c1c(-c2ccc(F)cc2)c(-c2ccc(F)cc2)c(C(=O)NCc2cccc(OC)c2)n1C(C)C. The number of esters is 1. The fourth-order valence-corrected chi connectivity index (χ4v) is 5.30. The maximum absolute atomic E-state index is 14.2. The Morgan fingerprint density at radius 2 is 1.52 bits per heavy atom. The van der Waals surface area contributed by atoms with E-state index in [4.69, 9.17) is 4.74 Å². The molecule has 1 heterocycles. The van der Waals surface area contributed by atoms with Gasteiger partial charge in [0.25, 0.3) is 5.91 Å². The summed E-state index contributed by atoms with van der Waals surface area (Å²) in [7, 11) is 2.77. The summed E-state index contributed by atoms with van der Waals surface area (Å²) < 4.78 is 39.9. The van der Waals surface area contributed by atoms with Crippen molar-refractivity contribution >= 4 is 18.0 Å². The van der Waals surface area contributed by atoms with E-state index in [-0.39, 0.29) is 31.1 Å². The average Bonchev–Trinajstić information content (AvgIpc) is 3.38. The van der Waals surface area contributed by atoms with Crippen LogP contribution < -0.4 is 10.1 Å². The minimum Gasteiger partial charge on any atom is -0.497 e. The molecule has 1 amide bonds. The number of carbonyl (C=O) groups excluding carboxylic acids is 2. The molecule has 242 valence electrons. The highest BCUT2D eigenvalue weighted by Crippen LogP contribution is 2.42. The van der Waals surface area contributed by atoms with E-state index in [0.29, 0.717) is 33.7 Å². The number of methoxy groups -OCH3 is 2. The first-order valence-corrected chi connectivity index (χ1v) is 14.8. The Hall–Kier alpha value is -4.80. The molecule has 8 nitrogen and oxygen atoms in total. The number of ether oxygens (including phenoxy) is 2. The van der Waals surface area contributed by atoms with Gasteiger partial charge in [0, 0.05) is 35.8 Å². The molecule has 0 aliphatic carbocycles. The van der Waals surface area contributed by atoms with Gasteiger partial charge in [-0.25, -0.2) is 8.78 Å². The normalized spacial score (nSPS) is 12.7. The van der Waals surface area contributed by atoms with Crippen LogP contribution in [0.15, 0.2) is 78.9 Å². The maximum Gasteiger partial charge on any atom is 0.308 e. The predicted octanol–water partition coefficient (Wildman–Crippen LogP) is 6.31. The van der Waals surface area contributed by atoms with Crippen LogP contribution in [0.5, 0.6) is 5.75 Å². The second kappa shape index (κ2) is 15.5. The summed E-state index contributed by atoms with van der Waals surface area (Å²) in [5.41, 5.74) is 3.80. The number of halogens is 2. The smallest absolute Gasteiger partial charge is 0.308 e. The van der Waals surface area contributed by atoms with Gasteiger partial charge in [0.05, 0.1) is 32.8 Å². The maximum atomic E-state index is 14.2. The Morgan fingerprint density at radius 1 is 0.913 bits per heavy atom. The van der Waals surface area contributed by atoms with E-state index in [2.05, 4.69) is 10.1 Å². The molecule has 0 aliphatic rings. The van der Waals surface area contributed by atoms with Crippen LogP contribution >= 0.6 is 0 Å². The first-order chi connectivity index (χ1) is 22.0. The van der Waals surface area contributed by atoms with Gasteiger partial charge in [-0.3, -0.25) is 9.59 Å². The lowest BCUT2D eigenvalue weighted by molar-refractivity contribution is -0.143. The van der Waals surface area contributed by atoms with Crippen molar-refractivity contribution in [3.05, 3.63) is 107 Å². The van der Waals surface area contributed by atoms with Crippen molar-refractivity contribution in [1.29, 1.82) is 0 Å². The molecule has 0 unspecified atom stereocenters. The number of hydrogen-bond acceptors (Lipinski definition) is 6. The molecule has 3 N–H and O–H groups in total. The third-order valence-electron chi connectivity index (χ3n) is 7.45. The van der Waals surface area contributed by atoms with Crippen LogP contribution in [-0.4, -0.2) is 53.1 Å². The van der Waals surface area contributed by atoms with Crippen molar-refractivity contribution in [1.82, 2.24) is 9.88 Å². The predicted molar refractivity (Wildman–Crippen MR) is 172 cm³/mol. The van der Waals surface area contributed by atoms with Gasteiger partial charge in [0.15, 0.2) is 0 Å². The van der Waals surface area contributed by atoms with Crippen molar-refractivity contribution in [2.24, 2.45) is 0 Å². The molecule has 4 aromatic rings. The van der Waals surface area contributed by atoms with Crippen molar-refractivity contribution in [3.63, 3.8) is 0 Å². The number of aromatic nitrogens is 1. The second-order valence-electron chi connectivity index (χ2n) is 11.1. The van der Waals surface area contributed by atoms with Gasteiger partial charge in [0.2, 0.25) is 0 Å². The lowest BCUT2D eigenvalue weighted by Gasteiger charge is -2.17. The van der Waals surface area contributed by atoms with Crippen molar-refractivity contribution < 1.29 is 38.1 Å². The monoisotopic (exact) mass is 632 g/mol. The Labute approximate surface area is 266 Å². The van der Waals surface area contributed by atoms with E-state index in [1.54, 1.807) is 43.5 Å². The lowest BCUT2D eigenvalue weighted by atomic mass is 9.94. The highest BCUT2D eigenvalue weighted by molar-refractivity contribution is 6.06. The molecule has 0 spiro atoms. The summed E-state index contributed by atoms with van der Waals surface area (Å²) >= 11 is 0. The first-order valence-electron chi connectivity index (χ1n) is 14.8. The number of hydrogen-bond donors (Lipinski definition) is 3. The molecule has 0 saturated carbocycles. The highest BCUT2D eigenvalue weighted by atomic mass is 19.1. The molecule has 2 atom stereocenters. The van der Waals surface area contributed by atoms with Gasteiger partial charge in [-0.15, -0.1) is 0 Å². The Balaban J connectivity index is 1.89. The van der Waals surface area contributed by atoms with E-state index in [9.17, 15) is 28.6 Å². The minimum atomic E-state index is -1.16. The van der Waals surface area contributed by atoms with Crippen molar-refractivity contribution in [2.75, 3.05) is 14.2 Å². The number of carbonyl (C=O) groups is 2. The summed E-state index contributed by atoms with van der Waals surface area (Å²) in [6.07, 6.45) is 0.382. The van der Waals surface area contributed by atoms with E-state index < -0.39 is 35.7 Å². The number of aliphatic hydroxyl groups excluding tert-OH is 2. The Bertz CT molecular complexity index is 1680. The number of amides is 1. The molecular formula is C36H38F2N2O6. The fourth-order valence-electron chi connectivity index (χ4n) is 5.30. The highest BCUT2D eigenvalue weighted by Gasteiger charge is 2.29. The zero-order valence-corrected chi connectivity index (χ0v) is 26.2. The zero-order valence-electron chi connectivity index (χ0n) is 26.2. The molecule has 1 aromatic heterocycles. The number of benzene rings is 3. The van der Waals surface area contributed by atoms with Gasteiger partial charge in [-0.2, -0.15) is 0 Å². The summed E-state index contributed by atoms with van der Waals surface area (Å²) in [5, 5.41) is 24.1. The van der Waals surface area contributed by atoms with Gasteiger partial charge >= 0.3 is 5.97 Å². The van der Waals surface area contributed by atoms with Crippen LogP contribution in [0.3, 0.4) is 0 Å². The van der Waals surface area contributed by atoms with Gasteiger partial charge < -0.3 is 29.6 Å². The summed E-state index contributed by atoms with van der Waals surface area (Å²) in [6.45, 7) is 3.99. The van der Waals surface area contributed by atoms with E-state index in [1.807, 2.05) is 36.6 Å². The molecule has 3 aromatic carbocycles. The molecule has 0 radical (unpaired) electrons. The first kappa shape index (κ1) is 34.1. The van der Waals surface area contributed by atoms with Gasteiger partial charge in [-0.1, -0.05) is 42.5 Å². The minimum absolute atomic E-state index is 0.140. The molecule has 0 saturated heterocycles. The van der Waals surface area contributed by atoms with E-state index in [1.165, 1.54) is 37.5 Å². The molecule has 0 fully saturated rings. The van der Waals surface area contributed by atoms with Crippen LogP contribution in [0.2, 0.25) is 0 Å². The molecular weight excluding hydrogens is 594 g/mol. The van der Waals surface area contributed by atoms with Crippen LogP contribution in [0.4, 0.5) is 8.78 Å². The Morgan fingerprint density at radius 3 is 2.09 bits per heavy atom. The summed E-state index contributed by atoms with van der Waals surface area (Å²) in [4.78, 5) is 25.8. The van der Waals surface area contributed by atoms with Crippen LogP contribution in [0, 0.1) is 11.6 Å². The zero-order chi connectivity index (χ0) is 33.4. The number of nitrogens with one attached hydrogen (secondary N) is 1. The van der Waals surface area contributed by atoms with Crippen LogP contribution in [-0.2, 0) is 16.1 Å². The van der Waals surface area contributed by atoms with Crippen LogP contribution in [0.1, 0.15) is 54.5 Å². The molecule has 0 bridgehead atoms. The molecule has 4 rings (SSSR count). The molecule has 10 heteroatoms. The quantitative estimate of drug-likeness (QED) is 0.149. The third kappa shape index (κ3) is 8.26. The molecule has 46 heavy (non-hydrogen) atoms. The summed E-state index contributed by atoms with van der Waals surface area (Å²) in [5.74, 6) is -1.27. The lowest BCUT2D eigenvalue weighted by Crippen LogP contribution is -2.27. The van der Waals surface area contributed by atoms with E-state index >= 15 is 0 Å². The second-order valence-corrected chi connectivity index (χ2v) is 11.1. The van der Waals surface area contributed by atoms with Gasteiger partial charge in [0.1, 0.15) is 23.1 Å². The number of rotatable bonds is 13. The van der Waals surface area contributed by atoms with Crippen molar-refractivity contribution in [3.8, 4) is 28.0 Å². The largest absolute Gasteiger partial charge is 0.497 e. The topological polar surface area (TPSA) is 110 Å². The van der Waals surface area contributed by atoms with Crippen LogP contribution in [0.25, 0.3) is 28.3 Å². The molecule has 0 aliphatic heterocycles. The number of nitrogens with zero attached hydrogens (tertiary/aromatic N) is 1. The van der Waals surface area contributed by atoms with Crippen molar-refractivity contribution in [2.45, 2.75) is 51.5 Å². The Kier molecular flexibility index (Phi) is 11.5. The fraction of sp³-hybridized carbons (Fsp3) is 0.278.